The number of hydrogen-bond donors (Lipinski definition) is 0. The molecule has 0 aliphatic carbocycles. The van der Waals surface area contributed by atoms with Crippen LogP contribution in [0.25, 0.3) is 0 Å². The minimum Gasteiger partial charge on any atom is -0.497 e. The maximum absolute atomic E-state index is 5.23. The van der Waals surface area contributed by atoms with Crippen molar-refractivity contribution in [2.45, 2.75) is 0 Å². The topological polar surface area (TPSA) is 21.6 Å². The lowest BCUT2D eigenvalue weighted by molar-refractivity contribution is 0.415. The average Bonchev–Trinajstić information content (AvgIpc) is 2.61. The second-order valence-corrected chi connectivity index (χ2v) is 4.89. The number of methoxy groups -OCH3 is 1. The number of ether oxygens (including phenoxy) is 1. The van der Waals surface area contributed by atoms with Gasteiger partial charge in [-0.3, -0.25) is 0 Å². The van der Waals surface area contributed by atoms with Gasteiger partial charge in [-0.15, -0.1) is 0 Å². The van der Waals surface area contributed by atoms with Crippen LogP contribution in [0.3, 0.4) is 0 Å². The first kappa shape index (κ1) is 14.1. The van der Waals surface area contributed by atoms with E-state index in [1.54, 1.807) is 7.11 Å². The van der Waals surface area contributed by atoms with Gasteiger partial charge in [0.25, 0.3) is 0 Å². The third kappa shape index (κ3) is 3.23. The molecule has 0 atom stereocenters. The Bertz CT molecular complexity index is 747. The standard InChI is InChI=1S/C20H17NO/c1-22-19-14-12-17(13-15-19)20(16-8-4-2-5-9-16)21-18-10-6-3-7-11-18/h2-15H,1H3. The quantitative estimate of drug-likeness (QED) is 0.628. The van der Waals surface area contributed by atoms with E-state index in [0.29, 0.717) is 0 Å². The zero-order chi connectivity index (χ0) is 15.2. The Morgan fingerprint density at radius 2 is 1.23 bits per heavy atom. The highest BCUT2D eigenvalue weighted by atomic mass is 16.5. The lowest BCUT2D eigenvalue weighted by Gasteiger charge is -2.08. The fourth-order valence-electron chi connectivity index (χ4n) is 2.27. The Morgan fingerprint density at radius 3 is 1.82 bits per heavy atom. The summed E-state index contributed by atoms with van der Waals surface area (Å²) in [5.41, 5.74) is 4.05. The van der Waals surface area contributed by atoms with Crippen LogP contribution in [-0.4, -0.2) is 12.8 Å². The minimum absolute atomic E-state index is 0.843. The Balaban J connectivity index is 2.08. The van der Waals surface area contributed by atoms with Crippen molar-refractivity contribution in [3.8, 4) is 5.75 Å². The first-order valence-electron chi connectivity index (χ1n) is 7.20. The van der Waals surface area contributed by atoms with E-state index in [2.05, 4.69) is 12.1 Å². The maximum Gasteiger partial charge on any atom is 0.118 e. The maximum atomic E-state index is 5.23. The van der Waals surface area contributed by atoms with Crippen LogP contribution in [0, 0.1) is 0 Å². The van der Waals surface area contributed by atoms with Gasteiger partial charge in [0.2, 0.25) is 0 Å². The van der Waals surface area contributed by atoms with E-state index in [9.17, 15) is 0 Å². The van der Waals surface area contributed by atoms with Gasteiger partial charge in [0.15, 0.2) is 0 Å². The van der Waals surface area contributed by atoms with E-state index >= 15 is 0 Å². The Hall–Kier alpha value is -2.87. The molecule has 0 amide bonds. The van der Waals surface area contributed by atoms with E-state index in [0.717, 1.165) is 28.3 Å². The van der Waals surface area contributed by atoms with Crippen molar-refractivity contribution < 1.29 is 4.74 Å². The summed E-state index contributed by atoms with van der Waals surface area (Å²) in [6, 6.07) is 28.2. The molecule has 0 aromatic heterocycles. The zero-order valence-electron chi connectivity index (χ0n) is 12.4. The molecule has 0 unspecified atom stereocenters. The number of rotatable bonds is 4. The van der Waals surface area contributed by atoms with E-state index in [1.807, 2.05) is 72.8 Å². The fourth-order valence-corrected chi connectivity index (χ4v) is 2.27. The van der Waals surface area contributed by atoms with Crippen LogP contribution in [0.15, 0.2) is 89.9 Å². The van der Waals surface area contributed by atoms with Crippen molar-refractivity contribution in [3.63, 3.8) is 0 Å². The van der Waals surface area contributed by atoms with Gasteiger partial charge in [0, 0.05) is 11.1 Å². The largest absolute Gasteiger partial charge is 0.497 e. The molecule has 2 heteroatoms. The monoisotopic (exact) mass is 287 g/mol. The van der Waals surface area contributed by atoms with Gasteiger partial charge in [0.05, 0.1) is 18.5 Å². The van der Waals surface area contributed by atoms with E-state index < -0.39 is 0 Å². The smallest absolute Gasteiger partial charge is 0.118 e. The predicted octanol–water partition coefficient (Wildman–Crippen LogP) is 4.86. The van der Waals surface area contributed by atoms with Gasteiger partial charge in [0.1, 0.15) is 5.75 Å². The average molecular weight is 287 g/mol. The lowest BCUT2D eigenvalue weighted by Crippen LogP contribution is -2.02. The second kappa shape index (κ2) is 6.72. The summed E-state index contributed by atoms with van der Waals surface area (Å²) in [6.07, 6.45) is 0. The van der Waals surface area contributed by atoms with Crippen molar-refractivity contribution in [3.05, 3.63) is 96.1 Å². The van der Waals surface area contributed by atoms with Gasteiger partial charge >= 0.3 is 0 Å². The van der Waals surface area contributed by atoms with Crippen LogP contribution in [-0.2, 0) is 0 Å². The van der Waals surface area contributed by atoms with Crippen molar-refractivity contribution in [1.82, 2.24) is 0 Å². The predicted molar refractivity (Wildman–Crippen MR) is 91.2 cm³/mol. The highest BCUT2D eigenvalue weighted by molar-refractivity contribution is 6.14. The molecule has 3 aromatic rings. The summed E-state index contributed by atoms with van der Waals surface area (Å²) >= 11 is 0. The molecule has 0 saturated carbocycles. The summed E-state index contributed by atoms with van der Waals surface area (Å²) in [6.45, 7) is 0. The zero-order valence-corrected chi connectivity index (χ0v) is 12.4. The summed E-state index contributed by atoms with van der Waals surface area (Å²) < 4.78 is 5.23. The number of hydrogen-bond acceptors (Lipinski definition) is 2. The molecule has 0 aliphatic rings. The summed E-state index contributed by atoms with van der Waals surface area (Å²) in [4.78, 5) is 4.83. The third-order valence-corrected chi connectivity index (χ3v) is 3.41. The number of benzene rings is 3. The van der Waals surface area contributed by atoms with Crippen LogP contribution in [0.2, 0.25) is 0 Å². The fraction of sp³-hybridized carbons (Fsp3) is 0.0500. The second-order valence-electron chi connectivity index (χ2n) is 4.89. The molecule has 0 radical (unpaired) electrons. The molecule has 22 heavy (non-hydrogen) atoms. The Morgan fingerprint density at radius 1 is 0.682 bits per heavy atom. The van der Waals surface area contributed by atoms with E-state index in [1.165, 1.54) is 0 Å². The first-order chi connectivity index (χ1) is 10.9. The van der Waals surface area contributed by atoms with Crippen molar-refractivity contribution in [1.29, 1.82) is 0 Å². The molecule has 0 aliphatic heterocycles. The van der Waals surface area contributed by atoms with Crippen LogP contribution in [0.4, 0.5) is 5.69 Å². The van der Waals surface area contributed by atoms with Crippen molar-refractivity contribution >= 4 is 11.4 Å². The summed E-state index contributed by atoms with van der Waals surface area (Å²) in [5, 5.41) is 0. The molecule has 0 N–H and O–H groups in total. The molecule has 0 spiro atoms. The van der Waals surface area contributed by atoms with Crippen LogP contribution in [0.5, 0.6) is 5.75 Å². The van der Waals surface area contributed by atoms with Gasteiger partial charge in [-0.2, -0.15) is 0 Å². The highest BCUT2D eigenvalue weighted by Crippen LogP contribution is 2.20. The Labute approximate surface area is 130 Å². The van der Waals surface area contributed by atoms with Crippen LogP contribution < -0.4 is 4.74 Å². The molecular formula is C20H17NO. The van der Waals surface area contributed by atoms with Crippen LogP contribution >= 0.6 is 0 Å². The summed E-state index contributed by atoms with van der Waals surface area (Å²) in [7, 11) is 1.67. The molecule has 0 fully saturated rings. The van der Waals surface area contributed by atoms with Crippen LogP contribution in [0.1, 0.15) is 11.1 Å². The Kier molecular flexibility index (Phi) is 4.30. The molecule has 3 aromatic carbocycles. The highest BCUT2D eigenvalue weighted by Gasteiger charge is 2.07. The van der Waals surface area contributed by atoms with Gasteiger partial charge in [-0.05, 0) is 36.4 Å². The van der Waals surface area contributed by atoms with E-state index in [4.69, 9.17) is 9.73 Å². The van der Waals surface area contributed by atoms with Gasteiger partial charge in [-0.1, -0.05) is 48.5 Å². The molecule has 2 nitrogen and oxygen atoms in total. The number of para-hydroxylation sites is 1. The minimum atomic E-state index is 0.843. The SMILES string of the molecule is COc1ccc(C(=Nc2ccccc2)c2ccccc2)cc1. The number of nitrogens with zero attached hydrogens (tertiary/aromatic N) is 1. The molecule has 3 rings (SSSR count). The van der Waals surface area contributed by atoms with Gasteiger partial charge in [-0.25, -0.2) is 4.99 Å². The number of aliphatic imine (C=N–C) groups is 1. The lowest BCUT2D eigenvalue weighted by atomic mass is 10.0. The van der Waals surface area contributed by atoms with Crippen molar-refractivity contribution in [2.75, 3.05) is 7.11 Å². The van der Waals surface area contributed by atoms with E-state index in [-0.39, 0.29) is 0 Å². The normalized spacial score (nSPS) is 11.2. The third-order valence-electron chi connectivity index (χ3n) is 3.41. The molecule has 108 valence electrons. The molecule has 0 heterocycles. The molecular weight excluding hydrogens is 270 g/mol. The van der Waals surface area contributed by atoms with Crippen molar-refractivity contribution in [2.24, 2.45) is 4.99 Å². The summed E-state index contributed by atoms with van der Waals surface area (Å²) in [5.74, 6) is 0.843. The first-order valence-corrected chi connectivity index (χ1v) is 7.20. The van der Waals surface area contributed by atoms with Gasteiger partial charge < -0.3 is 4.74 Å². The molecule has 0 bridgehead atoms. The molecule has 0 saturated heterocycles.